The molecule has 2 atom stereocenters. The SMILES string of the molecule is Cc1nc2n(n1)CCN(C(=O)c1ccc(-c3ncn[nH]3)cc1)CCCC(=O)N1CCCC[C@H]1C(=O)N[C@@H]2Cc1ccccc1. The van der Waals surface area contributed by atoms with Crippen LogP contribution in [0.25, 0.3) is 11.4 Å². The van der Waals surface area contributed by atoms with E-state index in [1.807, 2.05) is 54.1 Å². The van der Waals surface area contributed by atoms with Gasteiger partial charge in [-0.1, -0.05) is 42.5 Å². The van der Waals surface area contributed by atoms with Crippen molar-refractivity contribution in [1.82, 2.24) is 45.1 Å². The van der Waals surface area contributed by atoms with Crippen LogP contribution in [0.3, 0.4) is 0 Å². The summed E-state index contributed by atoms with van der Waals surface area (Å²) in [5.74, 6) is 1.51. The van der Waals surface area contributed by atoms with E-state index in [-0.39, 0.29) is 24.1 Å². The van der Waals surface area contributed by atoms with Gasteiger partial charge in [-0.25, -0.2) is 14.6 Å². The van der Waals surface area contributed by atoms with E-state index in [4.69, 9.17) is 4.98 Å². The molecule has 2 aliphatic heterocycles. The van der Waals surface area contributed by atoms with Gasteiger partial charge in [0.25, 0.3) is 5.91 Å². The number of nitrogens with one attached hydrogen (secondary N) is 2. The lowest BCUT2D eigenvalue weighted by atomic mass is 9.99. The summed E-state index contributed by atoms with van der Waals surface area (Å²) >= 11 is 0. The van der Waals surface area contributed by atoms with Crippen molar-refractivity contribution >= 4 is 17.7 Å². The van der Waals surface area contributed by atoms with Gasteiger partial charge in [0.15, 0.2) is 5.82 Å². The lowest BCUT2D eigenvalue weighted by Gasteiger charge is -2.36. The Morgan fingerprint density at radius 2 is 1.77 bits per heavy atom. The normalized spacial score (nSPS) is 19.9. The van der Waals surface area contributed by atoms with Crippen LogP contribution in [0.4, 0.5) is 0 Å². The number of carbonyl (C=O) groups is 3. The first kappa shape index (κ1) is 29.2. The molecule has 0 unspecified atom stereocenters. The zero-order chi connectivity index (χ0) is 30.5. The number of piperidine rings is 1. The summed E-state index contributed by atoms with van der Waals surface area (Å²) in [6.45, 7) is 3.54. The molecule has 0 aliphatic carbocycles. The van der Waals surface area contributed by atoms with Crippen molar-refractivity contribution in [3.8, 4) is 11.4 Å². The molecule has 0 radical (unpaired) electrons. The van der Waals surface area contributed by atoms with Crippen LogP contribution in [0.5, 0.6) is 0 Å². The Balaban J connectivity index is 1.31. The van der Waals surface area contributed by atoms with E-state index in [1.54, 1.807) is 21.9 Å². The Kier molecular flexibility index (Phi) is 8.76. The summed E-state index contributed by atoms with van der Waals surface area (Å²) in [5, 5.41) is 14.6. The highest BCUT2D eigenvalue weighted by atomic mass is 16.2. The maximum atomic E-state index is 13.8. The van der Waals surface area contributed by atoms with Crippen molar-refractivity contribution in [2.45, 2.75) is 64.1 Å². The number of benzene rings is 2. The molecule has 2 aliphatic rings. The van der Waals surface area contributed by atoms with Gasteiger partial charge in [-0.3, -0.25) is 19.5 Å². The van der Waals surface area contributed by atoms with Gasteiger partial charge in [0, 0.05) is 37.2 Å². The van der Waals surface area contributed by atoms with E-state index in [2.05, 4.69) is 25.6 Å². The fraction of sp³-hybridized carbons (Fsp3) is 0.406. The maximum Gasteiger partial charge on any atom is 0.253 e. The fourth-order valence-electron chi connectivity index (χ4n) is 6.11. The highest BCUT2D eigenvalue weighted by molar-refractivity contribution is 5.94. The summed E-state index contributed by atoms with van der Waals surface area (Å²) in [6, 6.07) is 16.2. The number of hydrogen-bond acceptors (Lipinski definition) is 7. The number of amides is 3. The minimum atomic E-state index is -0.532. The first-order valence-electron chi connectivity index (χ1n) is 15.3. The summed E-state index contributed by atoms with van der Waals surface area (Å²) in [4.78, 5) is 53.4. The third-order valence-corrected chi connectivity index (χ3v) is 8.35. The van der Waals surface area contributed by atoms with E-state index in [0.717, 1.165) is 24.0 Å². The van der Waals surface area contributed by atoms with Gasteiger partial charge in [-0.15, -0.1) is 0 Å². The van der Waals surface area contributed by atoms with Gasteiger partial charge < -0.3 is 15.1 Å². The largest absolute Gasteiger partial charge is 0.344 e. The zero-order valence-electron chi connectivity index (χ0n) is 24.9. The van der Waals surface area contributed by atoms with E-state index < -0.39 is 12.1 Å². The monoisotopic (exact) mass is 595 g/mol. The quantitative estimate of drug-likeness (QED) is 0.369. The molecule has 12 heteroatoms. The predicted molar refractivity (Wildman–Crippen MR) is 162 cm³/mol. The third kappa shape index (κ3) is 6.53. The Labute approximate surface area is 255 Å². The number of rotatable bonds is 4. The number of aromatic nitrogens is 6. The lowest BCUT2D eigenvalue weighted by Crippen LogP contribution is -2.53. The van der Waals surface area contributed by atoms with Gasteiger partial charge in [-0.2, -0.15) is 10.2 Å². The van der Waals surface area contributed by atoms with Crippen LogP contribution < -0.4 is 5.32 Å². The lowest BCUT2D eigenvalue weighted by molar-refractivity contribution is -0.142. The molecule has 2 aromatic carbocycles. The molecule has 12 nitrogen and oxygen atoms in total. The van der Waals surface area contributed by atoms with Crippen molar-refractivity contribution in [2.24, 2.45) is 0 Å². The minimum absolute atomic E-state index is 0.0515. The maximum absolute atomic E-state index is 13.8. The van der Waals surface area contributed by atoms with Crippen molar-refractivity contribution in [1.29, 1.82) is 0 Å². The molecular formula is C32H37N9O3. The molecule has 1 fully saturated rings. The molecule has 0 saturated carbocycles. The van der Waals surface area contributed by atoms with Crippen molar-refractivity contribution in [2.75, 3.05) is 19.6 Å². The number of carbonyl (C=O) groups excluding carboxylic acids is 3. The zero-order valence-corrected chi connectivity index (χ0v) is 24.9. The van der Waals surface area contributed by atoms with Crippen molar-refractivity contribution < 1.29 is 14.4 Å². The topological polar surface area (TPSA) is 142 Å². The van der Waals surface area contributed by atoms with Gasteiger partial charge in [-0.05, 0) is 56.7 Å². The average Bonchev–Trinajstić information content (AvgIpc) is 3.72. The second kappa shape index (κ2) is 13.2. The van der Waals surface area contributed by atoms with Crippen LogP contribution >= 0.6 is 0 Å². The summed E-state index contributed by atoms with van der Waals surface area (Å²) in [5.41, 5.74) is 2.42. The molecule has 4 aromatic rings. The number of fused-ring (bicyclic) bond motifs is 2. The van der Waals surface area contributed by atoms with Crippen LogP contribution in [-0.2, 0) is 22.6 Å². The Bertz CT molecular complexity index is 1580. The average molecular weight is 596 g/mol. The first-order valence-corrected chi connectivity index (χ1v) is 15.3. The first-order chi connectivity index (χ1) is 21.5. The molecule has 3 amide bonds. The Morgan fingerprint density at radius 3 is 2.55 bits per heavy atom. The van der Waals surface area contributed by atoms with Crippen LogP contribution in [-0.4, -0.2) is 83.1 Å². The van der Waals surface area contributed by atoms with Crippen LogP contribution in [0.1, 0.15) is 65.7 Å². The van der Waals surface area contributed by atoms with Crippen LogP contribution in [0.15, 0.2) is 60.9 Å². The van der Waals surface area contributed by atoms with E-state index in [9.17, 15) is 14.4 Å². The van der Waals surface area contributed by atoms with Crippen LogP contribution in [0.2, 0.25) is 0 Å². The smallest absolute Gasteiger partial charge is 0.253 e. The van der Waals surface area contributed by atoms with E-state index in [0.29, 0.717) is 68.5 Å². The summed E-state index contributed by atoms with van der Waals surface area (Å²) in [6.07, 6.45) is 5.09. The number of H-pyrrole nitrogens is 1. The van der Waals surface area contributed by atoms with E-state index in [1.165, 1.54) is 6.33 Å². The molecule has 6 rings (SSSR count). The predicted octanol–water partition coefficient (Wildman–Crippen LogP) is 3.09. The highest BCUT2D eigenvalue weighted by Crippen LogP contribution is 2.24. The summed E-state index contributed by atoms with van der Waals surface area (Å²) < 4.78 is 1.81. The molecule has 0 bridgehead atoms. The number of nitrogens with zero attached hydrogens (tertiary/aromatic N) is 7. The third-order valence-electron chi connectivity index (χ3n) is 8.35. The second-order valence-corrected chi connectivity index (χ2v) is 11.4. The molecular weight excluding hydrogens is 558 g/mol. The Hall–Kier alpha value is -4.87. The summed E-state index contributed by atoms with van der Waals surface area (Å²) in [7, 11) is 0. The van der Waals surface area contributed by atoms with Gasteiger partial charge in [0.2, 0.25) is 11.8 Å². The molecule has 44 heavy (non-hydrogen) atoms. The number of hydrogen-bond donors (Lipinski definition) is 2. The standard InChI is InChI=1S/C32H37N9O3/c1-22-35-30-26(20-23-8-3-2-4-9-23)36-31(43)27-10-5-6-17-40(27)28(42)11-7-16-39(18-19-41(30)38-22)32(44)25-14-12-24(13-15-25)29-33-21-34-37-29/h2-4,8-9,12-15,21,26-27H,5-7,10-11,16-20H2,1H3,(H,36,43)(H,33,34,37)/t26-,27+/m1/s1. The van der Waals surface area contributed by atoms with Crippen LogP contribution in [0, 0.1) is 6.92 Å². The van der Waals surface area contributed by atoms with Gasteiger partial charge in [0.05, 0.1) is 12.6 Å². The van der Waals surface area contributed by atoms with Crippen molar-refractivity contribution in [3.05, 3.63) is 83.7 Å². The fourth-order valence-corrected chi connectivity index (χ4v) is 6.11. The van der Waals surface area contributed by atoms with Crippen molar-refractivity contribution in [3.63, 3.8) is 0 Å². The molecule has 2 aromatic heterocycles. The Morgan fingerprint density at radius 1 is 0.955 bits per heavy atom. The molecule has 4 heterocycles. The van der Waals surface area contributed by atoms with Gasteiger partial charge in [0.1, 0.15) is 24.0 Å². The molecule has 0 spiro atoms. The second-order valence-electron chi connectivity index (χ2n) is 11.4. The van der Waals surface area contributed by atoms with Gasteiger partial charge >= 0.3 is 0 Å². The number of aryl methyl sites for hydroxylation is 1. The highest BCUT2D eigenvalue weighted by Gasteiger charge is 2.34. The van der Waals surface area contributed by atoms with E-state index >= 15 is 0 Å². The molecule has 2 N–H and O–H groups in total. The molecule has 1 saturated heterocycles. The molecule has 228 valence electrons. The minimum Gasteiger partial charge on any atom is -0.344 e. The number of aromatic amines is 1.